The average Bonchev–Trinajstić information content (AvgIpc) is 2.37. The van der Waals surface area contributed by atoms with Gasteiger partial charge in [0, 0.05) is 17.0 Å². The van der Waals surface area contributed by atoms with Crippen molar-refractivity contribution in [3.63, 3.8) is 0 Å². The molecule has 0 bridgehead atoms. The first kappa shape index (κ1) is 15.1. The summed E-state index contributed by atoms with van der Waals surface area (Å²) in [4.78, 5) is 18.7. The van der Waals surface area contributed by atoms with Crippen LogP contribution in [0.2, 0.25) is 0 Å². The lowest BCUT2D eigenvalue weighted by Gasteiger charge is -2.09. The highest BCUT2D eigenvalue weighted by Gasteiger charge is 2.16. The zero-order valence-electron chi connectivity index (χ0n) is 11.4. The van der Waals surface area contributed by atoms with Crippen molar-refractivity contribution < 1.29 is 13.2 Å². The molecule has 3 N–H and O–H groups in total. The molecule has 1 aromatic carbocycles. The zero-order valence-corrected chi connectivity index (χ0v) is 12.2. The van der Waals surface area contributed by atoms with Crippen molar-refractivity contribution in [3.8, 4) is 11.4 Å². The maximum Gasteiger partial charge on any atom is 0.314 e. The number of hydrogen-bond acceptors (Lipinski definition) is 5. The van der Waals surface area contributed by atoms with Gasteiger partial charge in [0.25, 0.3) is 0 Å². The van der Waals surface area contributed by atoms with E-state index < -0.39 is 10.0 Å². The lowest BCUT2D eigenvalue weighted by Crippen LogP contribution is -2.15. The van der Waals surface area contributed by atoms with Crippen LogP contribution >= 0.6 is 0 Å². The lowest BCUT2D eigenvalue weighted by atomic mass is 10.2. The molecule has 0 aliphatic carbocycles. The smallest absolute Gasteiger partial charge is 0.314 e. The van der Waals surface area contributed by atoms with Gasteiger partial charge in [0.1, 0.15) is 4.90 Å². The third-order valence-electron chi connectivity index (χ3n) is 2.71. The summed E-state index contributed by atoms with van der Waals surface area (Å²) in [7, 11) is -4.00. The molecule has 1 aromatic heterocycles. The molecule has 7 nitrogen and oxygen atoms in total. The Balaban J connectivity index is 2.64. The second kappa shape index (κ2) is 5.58. The molecule has 0 fully saturated rings. The number of primary sulfonamides is 1. The maximum absolute atomic E-state index is 11.6. The number of amides is 1. The Morgan fingerprint density at radius 3 is 2.29 bits per heavy atom. The predicted octanol–water partition coefficient (Wildman–Crippen LogP) is 0.887. The molecule has 2 aromatic rings. The zero-order chi connectivity index (χ0) is 15.6. The summed E-state index contributed by atoms with van der Waals surface area (Å²) < 4.78 is 23.2. The number of nitrogens with two attached hydrogens (primary N) is 1. The van der Waals surface area contributed by atoms with Gasteiger partial charge in [-0.05, 0) is 38.1 Å². The first-order chi connectivity index (χ1) is 9.81. The lowest BCUT2D eigenvalue weighted by molar-refractivity contribution is 0.561. The van der Waals surface area contributed by atoms with Gasteiger partial charge in [-0.15, -0.1) is 0 Å². The van der Waals surface area contributed by atoms with Gasteiger partial charge in [0.2, 0.25) is 10.0 Å². The fourth-order valence-electron chi connectivity index (χ4n) is 1.91. The highest BCUT2D eigenvalue weighted by Crippen LogP contribution is 2.26. The molecule has 0 aliphatic rings. The fourth-order valence-corrected chi connectivity index (χ4v) is 2.63. The average molecular weight is 305 g/mol. The molecule has 0 spiro atoms. The molecule has 1 radical (unpaired) electrons. The summed E-state index contributed by atoms with van der Waals surface area (Å²) in [5.74, 6) is 0.388. The van der Waals surface area contributed by atoms with E-state index in [1.54, 1.807) is 12.1 Å². The van der Waals surface area contributed by atoms with Crippen LogP contribution in [0.5, 0.6) is 0 Å². The summed E-state index contributed by atoms with van der Waals surface area (Å²) >= 11 is 0. The van der Waals surface area contributed by atoms with Crippen LogP contribution in [0.4, 0.5) is 5.69 Å². The Hall–Kier alpha value is -2.32. The van der Waals surface area contributed by atoms with Crippen LogP contribution in [0, 0.1) is 13.8 Å². The molecule has 0 unspecified atom stereocenters. The van der Waals surface area contributed by atoms with Gasteiger partial charge in [0.05, 0.1) is 5.69 Å². The van der Waals surface area contributed by atoms with Crippen LogP contribution in [0.3, 0.4) is 0 Å². The molecule has 0 saturated carbocycles. The SMILES string of the molecule is Cc1cc(C)nc(-c2ccc(N[C]=O)c(S(N)(=O)=O)c2)n1. The molecule has 1 heterocycles. The Morgan fingerprint density at radius 1 is 1.14 bits per heavy atom. The van der Waals surface area contributed by atoms with Gasteiger partial charge in [-0.3, -0.25) is 4.79 Å². The highest BCUT2D eigenvalue weighted by atomic mass is 32.2. The normalized spacial score (nSPS) is 11.2. The Morgan fingerprint density at radius 2 is 1.76 bits per heavy atom. The molecule has 0 atom stereocenters. The van der Waals surface area contributed by atoms with E-state index in [9.17, 15) is 13.2 Å². The van der Waals surface area contributed by atoms with Crippen molar-refractivity contribution in [3.05, 3.63) is 35.7 Å². The van der Waals surface area contributed by atoms with Crippen molar-refractivity contribution in [2.45, 2.75) is 18.7 Å². The largest absolute Gasteiger partial charge is 0.317 e. The minimum absolute atomic E-state index is 0.0561. The number of rotatable bonds is 4. The second-order valence-electron chi connectivity index (χ2n) is 4.46. The Labute approximate surface area is 122 Å². The van der Waals surface area contributed by atoms with Crippen LogP contribution in [0.25, 0.3) is 11.4 Å². The van der Waals surface area contributed by atoms with Gasteiger partial charge in [-0.1, -0.05) is 0 Å². The standard InChI is InChI=1S/C13H13N4O3S/c1-8-5-9(2)17-13(16-8)10-3-4-11(15-7-18)12(6-10)21(14,19)20/h3-6H,1-2H3,(H,15,18)(H2,14,19,20). The van der Waals surface area contributed by atoms with Crippen molar-refractivity contribution in [1.29, 1.82) is 0 Å². The third-order valence-corrected chi connectivity index (χ3v) is 3.67. The van der Waals surface area contributed by atoms with Crippen LogP contribution < -0.4 is 10.5 Å². The summed E-state index contributed by atoms with van der Waals surface area (Å²) in [5.41, 5.74) is 2.07. The maximum atomic E-state index is 11.6. The summed E-state index contributed by atoms with van der Waals surface area (Å²) in [6.07, 6.45) is 1.42. The number of anilines is 1. The number of nitrogens with zero attached hydrogens (tertiary/aromatic N) is 2. The fraction of sp³-hybridized carbons (Fsp3) is 0.154. The molecule has 109 valence electrons. The van der Waals surface area contributed by atoms with E-state index in [0.29, 0.717) is 11.4 Å². The van der Waals surface area contributed by atoms with E-state index in [-0.39, 0.29) is 10.6 Å². The van der Waals surface area contributed by atoms with E-state index >= 15 is 0 Å². The molecular weight excluding hydrogens is 292 g/mol. The van der Waals surface area contributed by atoms with Crippen LogP contribution in [0.1, 0.15) is 11.4 Å². The number of carbonyl (C=O) groups excluding carboxylic acids is 1. The summed E-state index contributed by atoms with van der Waals surface area (Å²) in [6.45, 7) is 3.63. The van der Waals surface area contributed by atoms with Gasteiger partial charge >= 0.3 is 6.41 Å². The molecule has 1 amide bonds. The van der Waals surface area contributed by atoms with Crippen LogP contribution in [0.15, 0.2) is 29.2 Å². The molecule has 21 heavy (non-hydrogen) atoms. The van der Waals surface area contributed by atoms with E-state index in [1.807, 2.05) is 13.8 Å². The molecular formula is C13H13N4O3S. The number of sulfonamides is 1. The van der Waals surface area contributed by atoms with Crippen molar-refractivity contribution in [2.75, 3.05) is 5.32 Å². The van der Waals surface area contributed by atoms with E-state index in [0.717, 1.165) is 11.4 Å². The second-order valence-corrected chi connectivity index (χ2v) is 5.99. The number of aryl methyl sites for hydroxylation is 2. The van der Waals surface area contributed by atoms with Gasteiger partial charge < -0.3 is 5.32 Å². The van der Waals surface area contributed by atoms with E-state index in [1.165, 1.54) is 18.5 Å². The molecule has 8 heteroatoms. The number of nitrogens with one attached hydrogen (secondary N) is 1. The number of benzene rings is 1. The first-order valence-corrected chi connectivity index (χ1v) is 7.48. The van der Waals surface area contributed by atoms with E-state index in [2.05, 4.69) is 15.3 Å². The Bertz CT molecular complexity index is 783. The van der Waals surface area contributed by atoms with Crippen molar-refractivity contribution in [1.82, 2.24) is 9.97 Å². The predicted molar refractivity (Wildman–Crippen MR) is 77.6 cm³/mol. The highest BCUT2D eigenvalue weighted by molar-refractivity contribution is 7.89. The molecule has 0 aliphatic heterocycles. The summed E-state index contributed by atoms with van der Waals surface area (Å²) in [6, 6.07) is 6.15. The van der Waals surface area contributed by atoms with Gasteiger partial charge in [-0.25, -0.2) is 23.5 Å². The van der Waals surface area contributed by atoms with Crippen LogP contribution in [-0.4, -0.2) is 24.8 Å². The topological polar surface area (TPSA) is 115 Å². The molecule has 2 rings (SSSR count). The van der Waals surface area contributed by atoms with Crippen LogP contribution in [-0.2, 0) is 14.8 Å². The number of aromatic nitrogens is 2. The minimum Gasteiger partial charge on any atom is -0.317 e. The Kier molecular flexibility index (Phi) is 4.01. The minimum atomic E-state index is -4.00. The monoisotopic (exact) mass is 305 g/mol. The van der Waals surface area contributed by atoms with Gasteiger partial charge in [0.15, 0.2) is 5.82 Å². The number of hydrogen-bond donors (Lipinski definition) is 2. The molecule has 0 saturated heterocycles. The van der Waals surface area contributed by atoms with Crippen molar-refractivity contribution >= 4 is 22.1 Å². The van der Waals surface area contributed by atoms with E-state index in [4.69, 9.17) is 5.14 Å². The quantitative estimate of drug-likeness (QED) is 0.814. The first-order valence-electron chi connectivity index (χ1n) is 5.94. The van der Waals surface area contributed by atoms with Gasteiger partial charge in [-0.2, -0.15) is 0 Å². The van der Waals surface area contributed by atoms with Crippen molar-refractivity contribution in [2.24, 2.45) is 5.14 Å². The third kappa shape index (κ3) is 3.41. The summed E-state index contributed by atoms with van der Waals surface area (Å²) in [5, 5.41) is 7.33.